The summed E-state index contributed by atoms with van der Waals surface area (Å²) in [4.78, 5) is 19.9. The van der Waals surface area contributed by atoms with Crippen LogP contribution in [0.5, 0.6) is 5.75 Å². The summed E-state index contributed by atoms with van der Waals surface area (Å²) in [5.41, 5.74) is 2.64. The minimum atomic E-state index is -1.96. The third-order valence-corrected chi connectivity index (χ3v) is 13.5. The Hall–Kier alpha value is -1.49. The first kappa shape index (κ1) is 27.1. The van der Waals surface area contributed by atoms with Crippen molar-refractivity contribution in [2.45, 2.75) is 83.7 Å². The number of carbonyl (C=O) groups excluding carboxylic acids is 1. The SMILES string of the molecule is COc1cc(C(=O)N2CC(C)OCC2CCO[Si](C(C)C)(C(C)C)C(C)C)cn2nc(Br)nc12. The van der Waals surface area contributed by atoms with E-state index in [9.17, 15) is 4.79 Å². The molecule has 0 radical (unpaired) electrons. The van der Waals surface area contributed by atoms with E-state index in [-0.39, 0.29) is 18.1 Å². The van der Waals surface area contributed by atoms with Gasteiger partial charge in [-0.15, -0.1) is 5.10 Å². The summed E-state index contributed by atoms with van der Waals surface area (Å²) in [7, 11) is -0.396. The Morgan fingerprint density at radius 1 is 1.24 bits per heavy atom. The summed E-state index contributed by atoms with van der Waals surface area (Å²) in [5.74, 6) is 0.443. The van der Waals surface area contributed by atoms with E-state index in [4.69, 9.17) is 13.9 Å². The molecule has 2 aromatic heterocycles. The van der Waals surface area contributed by atoms with Gasteiger partial charge in [0.05, 0.1) is 31.4 Å². The summed E-state index contributed by atoms with van der Waals surface area (Å²) in [6.45, 7) is 17.4. The number of rotatable bonds is 9. The molecule has 3 heterocycles. The molecule has 2 aromatic rings. The fourth-order valence-corrected chi connectivity index (χ4v) is 11.4. The summed E-state index contributed by atoms with van der Waals surface area (Å²) in [6, 6.07) is 1.69. The zero-order valence-corrected chi connectivity index (χ0v) is 24.3. The predicted molar refractivity (Wildman–Crippen MR) is 139 cm³/mol. The van der Waals surface area contributed by atoms with Gasteiger partial charge in [0, 0.05) is 19.3 Å². The summed E-state index contributed by atoms with van der Waals surface area (Å²) in [6.07, 6.45) is 2.43. The summed E-state index contributed by atoms with van der Waals surface area (Å²) < 4.78 is 20.2. The van der Waals surface area contributed by atoms with Gasteiger partial charge in [0.25, 0.3) is 5.91 Å². The molecule has 1 fully saturated rings. The Morgan fingerprint density at radius 3 is 2.47 bits per heavy atom. The molecule has 10 heteroatoms. The van der Waals surface area contributed by atoms with Crippen molar-refractivity contribution in [1.29, 1.82) is 0 Å². The summed E-state index contributed by atoms with van der Waals surface area (Å²) >= 11 is 3.30. The van der Waals surface area contributed by atoms with Crippen molar-refractivity contribution in [3.8, 4) is 5.75 Å². The molecule has 0 aliphatic carbocycles. The van der Waals surface area contributed by atoms with E-state index in [0.717, 1.165) is 6.42 Å². The second-order valence-corrected chi connectivity index (χ2v) is 16.3. The third-order valence-electron chi connectivity index (χ3n) is 7.08. The van der Waals surface area contributed by atoms with Crippen LogP contribution in [0.2, 0.25) is 16.6 Å². The molecular formula is C24H39BrN4O4Si. The fraction of sp³-hybridized carbons (Fsp3) is 0.708. The molecule has 1 amide bonds. The van der Waals surface area contributed by atoms with E-state index in [1.54, 1.807) is 23.9 Å². The van der Waals surface area contributed by atoms with Gasteiger partial charge in [-0.05, 0) is 52.0 Å². The molecule has 0 bridgehead atoms. The quantitative estimate of drug-likeness (QED) is 0.390. The van der Waals surface area contributed by atoms with Crippen LogP contribution in [0.3, 0.4) is 0 Å². The number of nitrogens with zero attached hydrogens (tertiary/aromatic N) is 4. The maximum atomic E-state index is 13.7. The molecule has 1 saturated heterocycles. The largest absolute Gasteiger partial charge is 0.493 e. The molecule has 0 saturated carbocycles. The molecular weight excluding hydrogens is 516 g/mol. The minimum absolute atomic E-state index is 0.0253. The number of hydrogen-bond acceptors (Lipinski definition) is 6. The normalized spacial score (nSPS) is 19.6. The highest BCUT2D eigenvalue weighted by Gasteiger charge is 2.45. The Labute approximate surface area is 212 Å². The van der Waals surface area contributed by atoms with Crippen LogP contribution in [-0.2, 0) is 9.16 Å². The van der Waals surface area contributed by atoms with E-state index in [0.29, 0.717) is 58.1 Å². The van der Waals surface area contributed by atoms with Gasteiger partial charge in [-0.1, -0.05) is 41.5 Å². The first-order chi connectivity index (χ1) is 16.0. The number of pyridine rings is 1. The van der Waals surface area contributed by atoms with Crippen molar-refractivity contribution in [3.05, 3.63) is 22.6 Å². The number of amides is 1. The smallest absolute Gasteiger partial charge is 0.255 e. The molecule has 0 aromatic carbocycles. The van der Waals surface area contributed by atoms with Crippen molar-refractivity contribution < 1.29 is 18.7 Å². The number of methoxy groups -OCH3 is 1. The van der Waals surface area contributed by atoms with Crippen molar-refractivity contribution in [3.63, 3.8) is 0 Å². The zero-order valence-electron chi connectivity index (χ0n) is 21.7. The van der Waals surface area contributed by atoms with Gasteiger partial charge in [0.15, 0.2) is 19.7 Å². The van der Waals surface area contributed by atoms with Gasteiger partial charge >= 0.3 is 0 Å². The van der Waals surface area contributed by atoms with Gasteiger partial charge < -0.3 is 18.8 Å². The lowest BCUT2D eigenvalue weighted by Crippen LogP contribution is -2.53. The first-order valence-corrected chi connectivity index (χ1v) is 15.1. The molecule has 2 unspecified atom stereocenters. The van der Waals surface area contributed by atoms with Gasteiger partial charge in [0.1, 0.15) is 0 Å². The number of ether oxygens (including phenoxy) is 2. The Kier molecular flexibility index (Phi) is 8.81. The topological polar surface area (TPSA) is 78.2 Å². The van der Waals surface area contributed by atoms with E-state index < -0.39 is 8.32 Å². The van der Waals surface area contributed by atoms with Crippen LogP contribution in [0.25, 0.3) is 5.65 Å². The monoisotopic (exact) mass is 554 g/mol. The molecule has 190 valence electrons. The zero-order chi connectivity index (χ0) is 25.2. The van der Waals surface area contributed by atoms with Gasteiger partial charge in [-0.3, -0.25) is 4.79 Å². The van der Waals surface area contributed by atoms with Gasteiger partial charge in [-0.2, -0.15) is 4.98 Å². The molecule has 0 N–H and O–H groups in total. The first-order valence-electron chi connectivity index (χ1n) is 12.2. The molecule has 1 aliphatic heterocycles. The highest BCUT2D eigenvalue weighted by atomic mass is 79.9. The molecule has 3 rings (SSSR count). The lowest BCUT2D eigenvalue weighted by molar-refractivity contribution is -0.0483. The number of halogens is 1. The Bertz CT molecular complexity index is 975. The molecule has 1 aliphatic rings. The maximum Gasteiger partial charge on any atom is 0.255 e. The van der Waals surface area contributed by atoms with Crippen LogP contribution in [0, 0.1) is 0 Å². The number of hydrogen-bond donors (Lipinski definition) is 0. The lowest BCUT2D eigenvalue weighted by Gasteiger charge is -2.43. The van der Waals surface area contributed by atoms with Crippen molar-refractivity contribution in [2.24, 2.45) is 0 Å². The standard InChI is InChI=1S/C24H39BrN4O4Si/c1-15(2)34(16(3)4,17(5)6)33-10-9-20-14-32-18(7)12-28(20)23(30)19-11-21(31-8)22-26-24(25)27-29(22)13-19/h11,13,15-18,20H,9-10,12,14H2,1-8H3. The second-order valence-electron chi connectivity index (χ2n) is 10.2. The Morgan fingerprint density at radius 2 is 1.88 bits per heavy atom. The average Bonchev–Trinajstić information content (AvgIpc) is 3.15. The van der Waals surface area contributed by atoms with Crippen LogP contribution < -0.4 is 4.74 Å². The summed E-state index contributed by atoms with van der Waals surface area (Å²) in [5, 5.41) is 4.30. The third kappa shape index (κ3) is 5.34. The van der Waals surface area contributed by atoms with Crippen LogP contribution in [-0.4, -0.2) is 72.7 Å². The van der Waals surface area contributed by atoms with Crippen LogP contribution in [0.4, 0.5) is 0 Å². The number of carbonyl (C=O) groups is 1. The average molecular weight is 556 g/mol. The Balaban J connectivity index is 1.81. The lowest BCUT2D eigenvalue weighted by atomic mass is 10.1. The van der Waals surface area contributed by atoms with Crippen LogP contribution in [0.1, 0.15) is 65.2 Å². The molecule has 8 nitrogen and oxygen atoms in total. The highest BCUT2D eigenvalue weighted by molar-refractivity contribution is 9.10. The van der Waals surface area contributed by atoms with E-state index in [1.807, 2.05) is 11.8 Å². The molecule has 34 heavy (non-hydrogen) atoms. The maximum absolute atomic E-state index is 13.7. The fourth-order valence-electron chi connectivity index (χ4n) is 5.57. The number of aromatic nitrogens is 3. The van der Waals surface area contributed by atoms with Crippen LogP contribution in [0.15, 0.2) is 17.0 Å². The van der Waals surface area contributed by atoms with Gasteiger partial charge in [0.2, 0.25) is 4.73 Å². The highest BCUT2D eigenvalue weighted by Crippen LogP contribution is 2.42. The number of fused-ring (bicyclic) bond motifs is 1. The minimum Gasteiger partial charge on any atom is -0.493 e. The van der Waals surface area contributed by atoms with E-state index in [1.165, 1.54) is 0 Å². The van der Waals surface area contributed by atoms with Crippen LogP contribution >= 0.6 is 15.9 Å². The van der Waals surface area contributed by atoms with E-state index in [2.05, 4.69) is 67.6 Å². The molecule has 2 atom stereocenters. The van der Waals surface area contributed by atoms with Crippen molar-refractivity contribution in [2.75, 3.05) is 26.9 Å². The van der Waals surface area contributed by atoms with E-state index >= 15 is 0 Å². The number of morpholine rings is 1. The van der Waals surface area contributed by atoms with Crippen molar-refractivity contribution in [1.82, 2.24) is 19.5 Å². The second kappa shape index (κ2) is 11.1. The van der Waals surface area contributed by atoms with Crippen molar-refractivity contribution >= 4 is 35.8 Å². The molecule has 0 spiro atoms. The predicted octanol–water partition coefficient (Wildman–Crippen LogP) is 5.31. The van der Waals surface area contributed by atoms with Gasteiger partial charge in [-0.25, -0.2) is 4.52 Å².